The molecule has 1 aromatic rings. The molecule has 1 aliphatic rings. The lowest BCUT2D eigenvalue weighted by Gasteiger charge is -2.37. The summed E-state index contributed by atoms with van der Waals surface area (Å²) < 4.78 is 5.99. The Kier molecular flexibility index (Phi) is 5.86. The van der Waals surface area contributed by atoms with Crippen LogP contribution in [-0.4, -0.2) is 11.8 Å². The van der Waals surface area contributed by atoms with Gasteiger partial charge in [-0.1, -0.05) is 25.3 Å². The zero-order valence-corrected chi connectivity index (χ0v) is 13.2. The van der Waals surface area contributed by atoms with E-state index in [-0.39, 0.29) is 5.41 Å². The van der Waals surface area contributed by atoms with Gasteiger partial charge in [-0.05, 0) is 61.5 Å². The highest BCUT2D eigenvalue weighted by molar-refractivity contribution is 6.67. The van der Waals surface area contributed by atoms with Crippen LogP contribution >= 0.6 is 11.6 Å². The Bertz CT molecular complexity index is 472. The van der Waals surface area contributed by atoms with E-state index in [1.165, 1.54) is 32.1 Å². The van der Waals surface area contributed by atoms with Gasteiger partial charge in [0, 0.05) is 11.0 Å². The van der Waals surface area contributed by atoms with E-state index in [2.05, 4.69) is 6.58 Å². The van der Waals surface area contributed by atoms with Gasteiger partial charge >= 0.3 is 0 Å². The molecule has 0 N–H and O–H groups in total. The van der Waals surface area contributed by atoms with Crippen LogP contribution in [0.4, 0.5) is 0 Å². The third-order valence-corrected chi connectivity index (χ3v) is 4.64. The van der Waals surface area contributed by atoms with E-state index in [4.69, 9.17) is 16.3 Å². The first-order valence-electron chi connectivity index (χ1n) is 7.69. The molecule has 0 heterocycles. The molecule has 21 heavy (non-hydrogen) atoms. The molecule has 0 bridgehead atoms. The van der Waals surface area contributed by atoms with Crippen molar-refractivity contribution in [1.82, 2.24) is 0 Å². The summed E-state index contributed by atoms with van der Waals surface area (Å²) in [6, 6.07) is 7.06. The standard InChI is InChI=1S/C18H23ClO2/c1-2-3-11-18(12-5-4-6-13-18)14-21-16-9-7-15(8-10-16)17(19)20/h2,7-10H,1,3-6,11-14H2. The van der Waals surface area contributed by atoms with Crippen molar-refractivity contribution in [3.8, 4) is 5.75 Å². The van der Waals surface area contributed by atoms with Crippen LogP contribution in [0.15, 0.2) is 36.9 Å². The number of hydrogen-bond acceptors (Lipinski definition) is 2. The molecule has 0 aromatic heterocycles. The average molecular weight is 307 g/mol. The molecule has 0 saturated heterocycles. The fourth-order valence-corrected chi connectivity index (χ4v) is 3.22. The molecule has 2 nitrogen and oxygen atoms in total. The summed E-state index contributed by atoms with van der Waals surface area (Å²) in [5.41, 5.74) is 0.788. The van der Waals surface area contributed by atoms with Gasteiger partial charge in [-0.15, -0.1) is 6.58 Å². The number of rotatable bonds is 7. The lowest BCUT2D eigenvalue weighted by Crippen LogP contribution is -2.31. The maximum atomic E-state index is 11.0. The molecule has 1 aromatic carbocycles. The maximum Gasteiger partial charge on any atom is 0.252 e. The number of allylic oxidation sites excluding steroid dienone is 1. The number of carbonyl (C=O) groups is 1. The van der Waals surface area contributed by atoms with Crippen LogP contribution in [0.2, 0.25) is 0 Å². The first kappa shape index (κ1) is 16.1. The van der Waals surface area contributed by atoms with Gasteiger partial charge in [0.2, 0.25) is 0 Å². The summed E-state index contributed by atoms with van der Waals surface area (Å²) >= 11 is 5.44. The van der Waals surface area contributed by atoms with E-state index >= 15 is 0 Å². The minimum Gasteiger partial charge on any atom is -0.493 e. The van der Waals surface area contributed by atoms with Crippen molar-refractivity contribution < 1.29 is 9.53 Å². The highest BCUT2D eigenvalue weighted by Crippen LogP contribution is 2.40. The second kappa shape index (κ2) is 7.65. The predicted molar refractivity (Wildman–Crippen MR) is 87.1 cm³/mol. The molecule has 0 radical (unpaired) electrons. The van der Waals surface area contributed by atoms with Crippen molar-refractivity contribution in [1.29, 1.82) is 0 Å². The number of ether oxygens (including phenoxy) is 1. The molecule has 0 atom stereocenters. The molecular weight excluding hydrogens is 284 g/mol. The second-order valence-electron chi connectivity index (χ2n) is 5.97. The third-order valence-electron chi connectivity index (χ3n) is 4.42. The largest absolute Gasteiger partial charge is 0.493 e. The molecule has 0 amide bonds. The number of benzene rings is 1. The van der Waals surface area contributed by atoms with Crippen LogP contribution in [0.5, 0.6) is 5.75 Å². The lowest BCUT2D eigenvalue weighted by atomic mass is 9.72. The summed E-state index contributed by atoms with van der Waals surface area (Å²) in [7, 11) is 0. The summed E-state index contributed by atoms with van der Waals surface area (Å²) in [6.45, 7) is 4.58. The Morgan fingerprint density at radius 1 is 1.24 bits per heavy atom. The number of hydrogen-bond donors (Lipinski definition) is 0. The van der Waals surface area contributed by atoms with Crippen LogP contribution in [-0.2, 0) is 0 Å². The minimum absolute atomic E-state index is 0.285. The van der Waals surface area contributed by atoms with E-state index in [1.54, 1.807) is 12.1 Å². The van der Waals surface area contributed by atoms with E-state index in [0.29, 0.717) is 5.56 Å². The normalized spacial score (nSPS) is 17.2. The molecule has 0 spiro atoms. The molecule has 1 saturated carbocycles. The van der Waals surface area contributed by atoms with Crippen LogP contribution in [0.25, 0.3) is 0 Å². The Labute approximate surface area is 132 Å². The van der Waals surface area contributed by atoms with E-state index < -0.39 is 5.24 Å². The monoisotopic (exact) mass is 306 g/mol. The summed E-state index contributed by atoms with van der Waals surface area (Å²) in [5.74, 6) is 0.806. The second-order valence-corrected chi connectivity index (χ2v) is 6.32. The molecule has 2 rings (SSSR count). The Hall–Kier alpha value is -1.28. The molecule has 114 valence electrons. The predicted octanol–water partition coefficient (Wildman–Crippen LogP) is 5.36. The molecule has 0 aliphatic heterocycles. The van der Waals surface area contributed by atoms with Gasteiger partial charge in [-0.3, -0.25) is 4.79 Å². The van der Waals surface area contributed by atoms with E-state index in [0.717, 1.165) is 25.2 Å². The van der Waals surface area contributed by atoms with Gasteiger partial charge in [-0.25, -0.2) is 0 Å². The molecular formula is C18H23ClO2. The number of halogens is 1. The van der Waals surface area contributed by atoms with Gasteiger partial charge < -0.3 is 4.74 Å². The molecule has 1 aliphatic carbocycles. The summed E-state index contributed by atoms with van der Waals surface area (Å²) in [6.07, 6.45) is 10.6. The topological polar surface area (TPSA) is 26.3 Å². The Morgan fingerprint density at radius 3 is 2.48 bits per heavy atom. The van der Waals surface area contributed by atoms with Crippen molar-refractivity contribution in [3.05, 3.63) is 42.5 Å². The average Bonchev–Trinajstić information content (AvgIpc) is 2.52. The van der Waals surface area contributed by atoms with E-state index in [9.17, 15) is 4.79 Å². The third kappa shape index (κ3) is 4.60. The first-order chi connectivity index (χ1) is 10.2. The quantitative estimate of drug-likeness (QED) is 0.500. The fourth-order valence-electron chi connectivity index (χ4n) is 3.10. The van der Waals surface area contributed by atoms with E-state index in [1.807, 2.05) is 18.2 Å². The smallest absolute Gasteiger partial charge is 0.252 e. The molecule has 1 fully saturated rings. The zero-order chi connectivity index (χ0) is 15.1. The minimum atomic E-state index is -0.434. The lowest BCUT2D eigenvalue weighted by molar-refractivity contribution is 0.0884. The SMILES string of the molecule is C=CCCC1(COc2ccc(C(=O)Cl)cc2)CCCCC1. The van der Waals surface area contributed by atoms with Gasteiger partial charge in [0.05, 0.1) is 6.61 Å². The van der Waals surface area contributed by atoms with Crippen LogP contribution < -0.4 is 4.74 Å². The zero-order valence-electron chi connectivity index (χ0n) is 12.4. The van der Waals surface area contributed by atoms with Crippen LogP contribution in [0.1, 0.15) is 55.3 Å². The Morgan fingerprint density at radius 2 is 1.90 bits per heavy atom. The highest BCUT2D eigenvalue weighted by Gasteiger charge is 2.32. The summed E-state index contributed by atoms with van der Waals surface area (Å²) in [5, 5.41) is -0.434. The van der Waals surface area contributed by atoms with Gasteiger partial charge in [0.15, 0.2) is 0 Å². The van der Waals surface area contributed by atoms with Gasteiger partial charge in [-0.2, -0.15) is 0 Å². The van der Waals surface area contributed by atoms with Crippen molar-refractivity contribution in [2.45, 2.75) is 44.9 Å². The van der Waals surface area contributed by atoms with Crippen molar-refractivity contribution >= 4 is 16.8 Å². The van der Waals surface area contributed by atoms with Gasteiger partial charge in [0.25, 0.3) is 5.24 Å². The molecule has 3 heteroatoms. The number of carbonyl (C=O) groups excluding carboxylic acids is 1. The highest BCUT2D eigenvalue weighted by atomic mass is 35.5. The first-order valence-corrected chi connectivity index (χ1v) is 8.07. The van der Waals surface area contributed by atoms with Crippen LogP contribution in [0, 0.1) is 5.41 Å². The molecule has 0 unspecified atom stereocenters. The van der Waals surface area contributed by atoms with Crippen LogP contribution in [0.3, 0.4) is 0 Å². The van der Waals surface area contributed by atoms with Gasteiger partial charge in [0.1, 0.15) is 5.75 Å². The van der Waals surface area contributed by atoms with Crippen molar-refractivity contribution in [3.63, 3.8) is 0 Å². The fraction of sp³-hybridized carbons (Fsp3) is 0.500. The maximum absolute atomic E-state index is 11.0. The summed E-state index contributed by atoms with van der Waals surface area (Å²) in [4.78, 5) is 11.0. The Balaban J connectivity index is 1.97. The van der Waals surface area contributed by atoms with Crippen molar-refractivity contribution in [2.24, 2.45) is 5.41 Å². The van der Waals surface area contributed by atoms with Crippen molar-refractivity contribution in [2.75, 3.05) is 6.61 Å².